The number of rotatable bonds is 1. The molecule has 0 spiro atoms. The van der Waals surface area contributed by atoms with Gasteiger partial charge in [0.05, 0.1) is 0 Å². The van der Waals surface area contributed by atoms with Crippen LogP contribution >= 0.6 is 46.4 Å². The Labute approximate surface area is 111 Å². The lowest BCUT2D eigenvalue weighted by atomic mass is 10.2. The van der Waals surface area contributed by atoms with Crippen LogP contribution in [0.4, 0.5) is 0 Å². The van der Waals surface area contributed by atoms with Crippen LogP contribution in [-0.4, -0.2) is 10.2 Å². The first-order chi connectivity index (χ1) is 7.47. The maximum atomic E-state index is 5.75. The van der Waals surface area contributed by atoms with Gasteiger partial charge in [-0.1, -0.05) is 46.4 Å². The van der Waals surface area contributed by atoms with Crippen LogP contribution in [0.3, 0.4) is 0 Å². The highest BCUT2D eigenvalue weighted by atomic mass is 35.6. The van der Waals surface area contributed by atoms with Crippen molar-refractivity contribution in [2.45, 2.75) is 3.79 Å². The Morgan fingerprint density at radius 1 is 1.00 bits per heavy atom. The predicted octanol–water partition coefficient (Wildman–Crippen LogP) is 4.22. The number of hydrogen-bond acceptors (Lipinski definition) is 3. The Hall–Kier alpha value is -0.480. The fourth-order valence-electron chi connectivity index (χ4n) is 1.05. The van der Waals surface area contributed by atoms with Gasteiger partial charge >= 0.3 is 0 Å². The van der Waals surface area contributed by atoms with Gasteiger partial charge in [0.2, 0.25) is 5.89 Å². The van der Waals surface area contributed by atoms with Crippen molar-refractivity contribution in [1.29, 1.82) is 0 Å². The van der Waals surface area contributed by atoms with Crippen LogP contribution in [0.2, 0.25) is 5.02 Å². The highest BCUT2D eigenvalue weighted by Gasteiger charge is 2.30. The first-order valence-electron chi connectivity index (χ1n) is 4.13. The van der Waals surface area contributed by atoms with Crippen LogP contribution in [-0.2, 0) is 3.79 Å². The first kappa shape index (κ1) is 12.0. The fourth-order valence-corrected chi connectivity index (χ4v) is 1.40. The monoisotopic (exact) mass is 296 g/mol. The average molecular weight is 298 g/mol. The lowest BCUT2D eigenvalue weighted by Crippen LogP contribution is -1.99. The number of alkyl halides is 3. The zero-order chi connectivity index (χ0) is 11.8. The van der Waals surface area contributed by atoms with Crippen LogP contribution in [0.25, 0.3) is 11.5 Å². The maximum Gasteiger partial charge on any atom is 0.268 e. The largest absolute Gasteiger partial charge is 0.416 e. The van der Waals surface area contributed by atoms with Crippen LogP contribution in [0.1, 0.15) is 5.89 Å². The summed E-state index contributed by atoms with van der Waals surface area (Å²) >= 11 is 22.5. The number of halogens is 4. The van der Waals surface area contributed by atoms with Gasteiger partial charge in [-0.25, -0.2) is 0 Å². The minimum absolute atomic E-state index is 0.0672. The van der Waals surface area contributed by atoms with E-state index in [9.17, 15) is 0 Å². The van der Waals surface area contributed by atoms with Gasteiger partial charge in [-0.3, -0.25) is 0 Å². The van der Waals surface area contributed by atoms with Gasteiger partial charge in [0.15, 0.2) is 0 Å². The van der Waals surface area contributed by atoms with E-state index in [1.807, 2.05) is 0 Å². The fraction of sp³-hybridized carbons (Fsp3) is 0.111. The lowest BCUT2D eigenvalue weighted by Gasteiger charge is -2.02. The molecule has 7 heteroatoms. The molecule has 0 saturated carbocycles. The third-order valence-electron chi connectivity index (χ3n) is 1.76. The minimum atomic E-state index is -1.71. The molecule has 2 rings (SSSR count). The van der Waals surface area contributed by atoms with Gasteiger partial charge in [0.25, 0.3) is 9.68 Å². The third-order valence-corrected chi connectivity index (χ3v) is 2.50. The van der Waals surface area contributed by atoms with Crippen molar-refractivity contribution >= 4 is 46.4 Å². The van der Waals surface area contributed by atoms with Gasteiger partial charge in [0, 0.05) is 10.6 Å². The van der Waals surface area contributed by atoms with E-state index in [0.29, 0.717) is 10.6 Å². The molecule has 0 aliphatic heterocycles. The Morgan fingerprint density at radius 2 is 1.62 bits per heavy atom. The highest BCUT2D eigenvalue weighted by molar-refractivity contribution is 6.66. The van der Waals surface area contributed by atoms with Crippen LogP contribution in [0.15, 0.2) is 28.7 Å². The predicted molar refractivity (Wildman–Crippen MR) is 64.0 cm³/mol. The van der Waals surface area contributed by atoms with E-state index in [4.69, 9.17) is 50.8 Å². The molecule has 0 amide bonds. The standard InChI is InChI=1S/C9H4Cl4N2O/c10-6-3-1-5(2-4-6)7-14-15-8(16-7)9(11,12)13/h1-4H. The minimum Gasteiger partial charge on any atom is -0.416 e. The summed E-state index contributed by atoms with van der Waals surface area (Å²) in [5.41, 5.74) is 0.706. The summed E-state index contributed by atoms with van der Waals surface area (Å²) in [6.45, 7) is 0. The molecule has 0 saturated heterocycles. The molecule has 0 radical (unpaired) electrons. The van der Waals surface area contributed by atoms with Gasteiger partial charge in [-0.2, -0.15) is 0 Å². The zero-order valence-electron chi connectivity index (χ0n) is 7.62. The van der Waals surface area contributed by atoms with E-state index in [-0.39, 0.29) is 11.8 Å². The Morgan fingerprint density at radius 3 is 2.12 bits per heavy atom. The van der Waals surface area contributed by atoms with E-state index in [1.54, 1.807) is 24.3 Å². The second-order valence-corrected chi connectivity index (χ2v) is 5.63. The summed E-state index contributed by atoms with van der Waals surface area (Å²) in [4.78, 5) is 0. The zero-order valence-corrected chi connectivity index (χ0v) is 10.6. The van der Waals surface area contributed by atoms with E-state index in [2.05, 4.69) is 10.2 Å². The van der Waals surface area contributed by atoms with E-state index < -0.39 is 3.79 Å². The Balaban J connectivity index is 2.35. The van der Waals surface area contributed by atoms with Gasteiger partial charge in [-0.15, -0.1) is 10.2 Å². The summed E-state index contributed by atoms with van der Waals surface area (Å²) in [6, 6.07) is 6.88. The maximum absolute atomic E-state index is 5.75. The van der Waals surface area contributed by atoms with Crippen molar-refractivity contribution < 1.29 is 4.42 Å². The molecule has 0 aliphatic rings. The number of aromatic nitrogens is 2. The number of hydrogen-bond donors (Lipinski definition) is 0. The molecule has 0 aliphatic carbocycles. The second-order valence-electron chi connectivity index (χ2n) is 2.92. The summed E-state index contributed by atoms with van der Waals surface area (Å²) in [6.07, 6.45) is 0. The molecular weight excluding hydrogens is 294 g/mol. The molecule has 0 atom stereocenters. The Kier molecular flexibility index (Phi) is 3.31. The molecule has 0 N–H and O–H groups in total. The molecule has 2 aromatic rings. The topological polar surface area (TPSA) is 38.9 Å². The first-order valence-corrected chi connectivity index (χ1v) is 5.64. The van der Waals surface area contributed by atoms with Gasteiger partial charge in [-0.05, 0) is 24.3 Å². The van der Waals surface area contributed by atoms with Crippen molar-refractivity contribution in [3.63, 3.8) is 0 Å². The van der Waals surface area contributed by atoms with Crippen LogP contribution < -0.4 is 0 Å². The quantitative estimate of drug-likeness (QED) is 0.740. The van der Waals surface area contributed by atoms with Gasteiger partial charge in [0.1, 0.15) is 0 Å². The van der Waals surface area contributed by atoms with E-state index in [0.717, 1.165) is 0 Å². The molecule has 1 aromatic carbocycles. The summed E-state index contributed by atoms with van der Waals surface area (Å²) in [5.74, 6) is 0.209. The second kappa shape index (κ2) is 4.41. The molecule has 0 bridgehead atoms. The Bertz CT molecular complexity index is 489. The van der Waals surface area contributed by atoms with Crippen LogP contribution in [0.5, 0.6) is 0 Å². The van der Waals surface area contributed by atoms with Crippen LogP contribution in [0, 0.1) is 0 Å². The van der Waals surface area contributed by atoms with Crippen molar-refractivity contribution in [1.82, 2.24) is 10.2 Å². The molecule has 1 aromatic heterocycles. The summed E-state index contributed by atoms with van der Waals surface area (Å²) < 4.78 is 3.50. The summed E-state index contributed by atoms with van der Waals surface area (Å²) in [5, 5.41) is 8.03. The number of benzene rings is 1. The van der Waals surface area contributed by atoms with Crippen molar-refractivity contribution in [3.05, 3.63) is 35.2 Å². The average Bonchev–Trinajstić information content (AvgIpc) is 2.67. The molecule has 0 unspecified atom stereocenters. The summed E-state index contributed by atoms with van der Waals surface area (Å²) in [7, 11) is 0. The molecule has 16 heavy (non-hydrogen) atoms. The molecule has 0 fully saturated rings. The normalized spacial score (nSPS) is 11.8. The molecule has 1 heterocycles. The number of nitrogens with zero attached hydrogens (tertiary/aromatic N) is 2. The highest BCUT2D eigenvalue weighted by Crippen LogP contribution is 2.38. The van der Waals surface area contributed by atoms with Crippen molar-refractivity contribution in [2.75, 3.05) is 0 Å². The van der Waals surface area contributed by atoms with E-state index in [1.165, 1.54) is 0 Å². The molecule has 3 nitrogen and oxygen atoms in total. The van der Waals surface area contributed by atoms with Crippen molar-refractivity contribution in [3.8, 4) is 11.5 Å². The lowest BCUT2D eigenvalue weighted by molar-refractivity contribution is 0.514. The smallest absolute Gasteiger partial charge is 0.268 e. The van der Waals surface area contributed by atoms with E-state index >= 15 is 0 Å². The molecular formula is C9H4Cl4N2O. The third kappa shape index (κ3) is 2.61. The SMILES string of the molecule is Clc1ccc(-c2nnc(C(Cl)(Cl)Cl)o2)cc1. The van der Waals surface area contributed by atoms with Crippen molar-refractivity contribution in [2.24, 2.45) is 0 Å². The van der Waals surface area contributed by atoms with Gasteiger partial charge < -0.3 is 4.42 Å². The molecule has 84 valence electrons.